The van der Waals surface area contributed by atoms with Gasteiger partial charge >= 0.3 is 5.97 Å². The van der Waals surface area contributed by atoms with Crippen LogP contribution >= 0.6 is 11.6 Å². The maximum Gasteiger partial charge on any atom is 0.339 e. The molecule has 1 N–H and O–H groups in total. The second-order valence-corrected chi connectivity index (χ2v) is 6.30. The number of hydrogen-bond acceptors (Lipinski definition) is 3. The first-order valence-corrected chi connectivity index (χ1v) is 7.66. The number of rotatable bonds is 2. The minimum Gasteiger partial charge on any atom is -0.445 e. The largest absolute Gasteiger partial charge is 0.445 e. The molecule has 1 aliphatic heterocycles. The molecule has 1 unspecified atom stereocenters. The van der Waals surface area contributed by atoms with Crippen molar-refractivity contribution in [2.24, 2.45) is 0 Å². The van der Waals surface area contributed by atoms with Crippen molar-refractivity contribution < 1.29 is 14.3 Å². The summed E-state index contributed by atoms with van der Waals surface area (Å²) < 4.78 is 5.42. The number of aryl methyl sites for hydroxylation is 1. The molecule has 1 atom stereocenters. The van der Waals surface area contributed by atoms with Crippen LogP contribution in [0, 0.1) is 6.92 Å². The first kappa shape index (κ1) is 15.6. The van der Waals surface area contributed by atoms with Gasteiger partial charge in [-0.1, -0.05) is 29.8 Å². The van der Waals surface area contributed by atoms with E-state index in [1.54, 1.807) is 37.3 Å². The van der Waals surface area contributed by atoms with Crippen molar-refractivity contribution in [2.45, 2.75) is 25.9 Å². The SMILES string of the molecule is Cc1cc(Cl)ccc1NC(=O)C1(C)Cc2ccccc2C(=O)O1. The van der Waals surface area contributed by atoms with Crippen molar-refractivity contribution in [3.63, 3.8) is 0 Å². The van der Waals surface area contributed by atoms with E-state index in [2.05, 4.69) is 5.32 Å². The lowest BCUT2D eigenvalue weighted by atomic mass is 9.89. The Balaban J connectivity index is 1.86. The molecule has 0 spiro atoms. The highest BCUT2D eigenvalue weighted by molar-refractivity contribution is 6.30. The molecule has 118 valence electrons. The number of benzene rings is 2. The van der Waals surface area contributed by atoms with Gasteiger partial charge in [0.2, 0.25) is 0 Å². The first-order chi connectivity index (χ1) is 10.9. The monoisotopic (exact) mass is 329 g/mol. The van der Waals surface area contributed by atoms with Gasteiger partial charge in [0, 0.05) is 17.1 Å². The average Bonchev–Trinajstić information content (AvgIpc) is 2.50. The molecule has 2 aromatic rings. The van der Waals surface area contributed by atoms with Crippen LogP contribution in [0.3, 0.4) is 0 Å². The number of nitrogens with one attached hydrogen (secondary N) is 1. The zero-order valence-corrected chi connectivity index (χ0v) is 13.6. The number of halogens is 1. The Morgan fingerprint density at radius 2 is 2.00 bits per heavy atom. The number of anilines is 1. The van der Waals surface area contributed by atoms with Crippen molar-refractivity contribution in [2.75, 3.05) is 5.32 Å². The van der Waals surface area contributed by atoms with Gasteiger partial charge in [-0.05, 0) is 49.2 Å². The fourth-order valence-corrected chi connectivity index (χ4v) is 2.91. The molecule has 2 aromatic carbocycles. The lowest BCUT2D eigenvalue weighted by Gasteiger charge is -2.33. The lowest BCUT2D eigenvalue weighted by Crippen LogP contribution is -2.49. The first-order valence-electron chi connectivity index (χ1n) is 7.28. The Morgan fingerprint density at radius 1 is 1.26 bits per heavy atom. The summed E-state index contributed by atoms with van der Waals surface area (Å²) >= 11 is 5.92. The van der Waals surface area contributed by atoms with Gasteiger partial charge in [0.25, 0.3) is 5.91 Å². The van der Waals surface area contributed by atoms with E-state index in [4.69, 9.17) is 16.3 Å². The number of cyclic esters (lactones) is 1. The van der Waals surface area contributed by atoms with Gasteiger partial charge in [-0.15, -0.1) is 0 Å². The normalized spacial score (nSPS) is 19.7. The molecule has 3 rings (SSSR count). The molecule has 0 saturated heterocycles. The summed E-state index contributed by atoms with van der Waals surface area (Å²) in [6.07, 6.45) is 0.341. The molecular weight excluding hydrogens is 314 g/mol. The number of ether oxygens (including phenoxy) is 1. The average molecular weight is 330 g/mol. The third-order valence-electron chi connectivity index (χ3n) is 4.00. The van der Waals surface area contributed by atoms with Crippen LogP contribution in [-0.2, 0) is 16.0 Å². The standard InChI is InChI=1S/C18H16ClNO3/c1-11-9-13(19)7-8-15(11)20-17(22)18(2)10-12-5-3-4-6-14(12)16(21)23-18/h3-9H,10H2,1-2H3,(H,20,22). The summed E-state index contributed by atoms with van der Waals surface area (Å²) in [5.41, 5.74) is 1.58. The maximum atomic E-state index is 12.7. The van der Waals surface area contributed by atoms with Crippen LogP contribution < -0.4 is 5.32 Å². The van der Waals surface area contributed by atoms with E-state index in [9.17, 15) is 9.59 Å². The van der Waals surface area contributed by atoms with E-state index in [0.717, 1.165) is 11.1 Å². The molecule has 0 fully saturated rings. The van der Waals surface area contributed by atoms with E-state index in [-0.39, 0.29) is 5.91 Å². The second kappa shape index (κ2) is 5.70. The molecular formula is C18H16ClNO3. The minimum atomic E-state index is -1.24. The fraction of sp³-hybridized carbons (Fsp3) is 0.222. The van der Waals surface area contributed by atoms with Crippen LogP contribution in [0.2, 0.25) is 5.02 Å². The van der Waals surface area contributed by atoms with Crippen molar-refractivity contribution in [1.82, 2.24) is 0 Å². The number of fused-ring (bicyclic) bond motifs is 1. The predicted octanol–water partition coefficient (Wildman–Crippen LogP) is 3.76. The zero-order valence-electron chi connectivity index (χ0n) is 12.9. The van der Waals surface area contributed by atoms with Gasteiger partial charge in [-0.25, -0.2) is 4.79 Å². The van der Waals surface area contributed by atoms with Crippen LogP contribution in [0.25, 0.3) is 0 Å². The van der Waals surface area contributed by atoms with E-state index < -0.39 is 11.6 Å². The van der Waals surface area contributed by atoms with Gasteiger partial charge in [0.1, 0.15) is 0 Å². The summed E-state index contributed by atoms with van der Waals surface area (Å²) in [7, 11) is 0. The van der Waals surface area contributed by atoms with Crippen molar-refractivity contribution >= 4 is 29.2 Å². The molecule has 0 bridgehead atoms. The molecule has 4 nitrogen and oxygen atoms in total. The molecule has 0 radical (unpaired) electrons. The smallest absolute Gasteiger partial charge is 0.339 e. The number of carbonyl (C=O) groups excluding carboxylic acids is 2. The third kappa shape index (κ3) is 2.94. The van der Waals surface area contributed by atoms with Crippen LogP contribution in [0.1, 0.15) is 28.4 Å². The molecule has 1 heterocycles. The molecule has 0 saturated carbocycles. The number of hydrogen-bond donors (Lipinski definition) is 1. The van der Waals surface area contributed by atoms with Crippen molar-refractivity contribution in [3.8, 4) is 0 Å². The quantitative estimate of drug-likeness (QED) is 0.853. The van der Waals surface area contributed by atoms with Crippen LogP contribution in [-0.4, -0.2) is 17.5 Å². The Kier molecular flexibility index (Phi) is 3.86. The summed E-state index contributed by atoms with van der Waals surface area (Å²) in [5.74, 6) is -0.830. The highest BCUT2D eigenvalue weighted by Crippen LogP contribution is 2.30. The summed E-state index contributed by atoms with van der Waals surface area (Å²) in [6.45, 7) is 3.48. The van der Waals surface area contributed by atoms with E-state index in [1.165, 1.54) is 0 Å². The topological polar surface area (TPSA) is 55.4 Å². The van der Waals surface area contributed by atoms with Crippen LogP contribution in [0.5, 0.6) is 0 Å². The van der Waals surface area contributed by atoms with Gasteiger partial charge in [0.05, 0.1) is 5.56 Å². The van der Waals surface area contributed by atoms with E-state index in [0.29, 0.717) is 22.7 Å². The maximum absolute atomic E-state index is 12.7. The summed E-state index contributed by atoms with van der Waals surface area (Å²) in [4.78, 5) is 24.8. The lowest BCUT2D eigenvalue weighted by molar-refractivity contribution is -0.134. The highest BCUT2D eigenvalue weighted by atomic mass is 35.5. The highest BCUT2D eigenvalue weighted by Gasteiger charge is 2.42. The molecule has 5 heteroatoms. The Bertz CT molecular complexity index is 803. The zero-order chi connectivity index (χ0) is 16.6. The van der Waals surface area contributed by atoms with Crippen LogP contribution in [0.15, 0.2) is 42.5 Å². The molecule has 0 aliphatic carbocycles. The number of esters is 1. The van der Waals surface area contributed by atoms with Gasteiger partial charge in [0.15, 0.2) is 5.60 Å². The molecule has 1 amide bonds. The van der Waals surface area contributed by atoms with E-state index >= 15 is 0 Å². The molecule has 23 heavy (non-hydrogen) atoms. The van der Waals surface area contributed by atoms with Gasteiger partial charge in [-0.3, -0.25) is 4.79 Å². The Hall–Kier alpha value is -2.33. The van der Waals surface area contributed by atoms with Gasteiger partial charge in [-0.2, -0.15) is 0 Å². The number of amides is 1. The predicted molar refractivity (Wildman–Crippen MR) is 88.8 cm³/mol. The summed E-state index contributed by atoms with van der Waals surface area (Å²) in [5, 5.41) is 3.43. The van der Waals surface area contributed by atoms with Crippen molar-refractivity contribution in [1.29, 1.82) is 0 Å². The Morgan fingerprint density at radius 3 is 2.74 bits per heavy atom. The Labute approximate surface area is 139 Å². The number of carbonyl (C=O) groups is 2. The molecule has 1 aliphatic rings. The summed E-state index contributed by atoms with van der Waals surface area (Å²) in [6, 6.07) is 12.4. The second-order valence-electron chi connectivity index (χ2n) is 5.87. The minimum absolute atomic E-state index is 0.341. The third-order valence-corrected chi connectivity index (χ3v) is 4.24. The van der Waals surface area contributed by atoms with E-state index in [1.807, 2.05) is 19.1 Å². The van der Waals surface area contributed by atoms with Gasteiger partial charge < -0.3 is 10.1 Å². The fourth-order valence-electron chi connectivity index (χ4n) is 2.68. The van der Waals surface area contributed by atoms with Crippen LogP contribution in [0.4, 0.5) is 5.69 Å². The molecule has 0 aromatic heterocycles. The van der Waals surface area contributed by atoms with Crippen molar-refractivity contribution in [3.05, 3.63) is 64.2 Å².